The van der Waals surface area contributed by atoms with Gasteiger partial charge in [-0.1, -0.05) is 91.5 Å². The lowest BCUT2D eigenvalue weighted by atomic mass is 9.82. The zero-order valence-electron chi connectivity index (χ0n) is 21.8. The molecule has 0 amide bonds. The molecule has 0 saturated heterocycles. The molecule has 2 aliphatic carbocycles. The smallest absolute Gasteiger partial charge is 0.100 e. The summed E-state index contributed by atoms with van der Waals surface area (Å²) in [6, 6.07) is 9.50. The summed E-state index contributed by atoms with van der Waals surface area (Å²) in [5, 5.41) is 1.64. The van der Waals surface area contributed by atoms with Crippen molar-refractivity contribution in [2.24, 2.45) is 5.41 Å². The highest BCUT2D eigenvalue weighted by Gasteiger charge is 2.40. The molecule has 0 aromatic heterocycles. The molecule has 2 nitrogen and oxygen atoms in total. The summed E-state index contributed by atoms with van der Waals surface area (Å²) in [6.07, 6.45) is 14.2. The van der Waals surface area contributed by atoms with E-state index in [0.717, 1.165) is 11.3 Å². The highest BCUT2D eigenvalue weighted by atomic mass is 32.2. The van der Waals surface area contributed by atoms with Crippen molar-refractivity contribution in [1.29, 1.82) is 0 Å². The minimum absolute atomic E-state index is 0.00585. The van der Waals surface area contributed by atoms with Crippen LogP contribution in [0.3, 0.4) is 0 Å². The van der Waals surface area contributed by atoms with Crippen molar-refractivity contribution < 1.29 is 4.21 Å². The van der Waals surface area contributed by atoms with Gasteiger partial charge in [-0.15, -0.1) is 0 Å². The SMILES string of the molecule is CN(C(c1ccccc1P(C1CCCCC1)C1CCCCC1)C(C)(C)C)S(=O)C(C)(C)C. The van der Waals surface area contributed by atoms with Crippen molar-refractivity contribution in [1.82, 2.24) is 4.31 Å². The number of benzene rings is 1. The molecule has 4 heteroatoms. The second kappa shape index (κ2) is 11.0. The molecule has 0 aliphatic heterocycles. The van der Waals surface area contributed by atoms with Crippen LogP contribution in [-0.4, -0.2) is 31.6 Å². The van der Waals surface area contributed by atoms with Gasteiger partial charge < -0.3 is 0 Å². The van der Waals surface area contributed by atoms with Gasteiger partial charge in [0.1, 0.15) is 11.0 Å². The van der Waals surface area contributed by atoms with Crippen LogP contribution in [0.1, 0.15) is 117 Å². The zero-order chi connectivity index (χ0) is 23.5. The zero-order valence-corrected chi connectivity index (χ0v) is 23.5. The first-order valence-electron chi connectivity index (χ1n) is 13.0. The Bertz CT molecular complexity index is 735. The van der Waals surface area contributed by atoms with Gasteiger partial charge >= 0.3 is 0 Å². The van der Waals surface area contributed by atoms with Gasteiger partial charge in [0, 0.05) is 7.05 Å². The fourth-order valence-electron chi connectivity index (χ4n) is 6.10. The molecule has 0 radical (unpaired) electrons. The molecule has 1 aromatic rings. The Kier molecular flexibility index (Phi) is 9.07. The van der Waals surface area contributed by atoms with Crippen molar-refractivity contribution in [3.05, 3.63) is 29.8 Å². The Morgan fingerprint density at radius 2 is 1.31 bits per heavy atom. The van der Waals surface area contributed by atoms with Gasteiger partial charge in [-0.25, -0.2) is 8.51 Å². The van der Waals surface area contributed by atoms with Gasteiger partial charge in [-0.3, -0.25) is 0 Å². The summed E-state index contributed by atoms with van der Waals surface area (Å²) in [4.78, 5) is 0. The third kappa shape index (κ3) is 6.25. The highest BCUT2D eigenvalue weighted by molar-refractivity contribution is 7.84. The Morgan fingerprint density at radius 1 is 0.844 bits per heavy atom. The van der Waals surface area contributed by atoms with Crippen LogP contribution in [-0.2, 0) is 11.0 Å². The molecule has 1 aromatic carbocycles. The topological polar surface area (TPSA) is 20.3 Å². The summed E-state index contributed by atoms with van der Waals surface area (Å²) in [5.41, 5.74) is 3.22. The number of nitrogens with zero attached hydrogens (tertiary/aromatic N) is 1. The molecule has 32 heavy (non-hydrogen) atoms. The molecule has 0 N–H and O–H groups in total. The molecule has 2 atom stereocenters. The lowest BCUT2D eigenvalue weighted by Crippen LogP contribution is -2.43. The highest BCUT2D eigenvalue weighted by Crippen LogP contribution is 2.56. The lowest BCUT2D eigenvalue weighted by Gasteiger charge is -2.44. The standard InChI is InChI=1S/C28H48NOPS/c1-27(2,3)26(29(7)32(30)28(4,5)6)24-20-14-15-21-25(24)31(22-16-10-8-11-17-22)23-18-12-9-13-19-23/h14-15,20-23,26H,8-13,16-19H2,1-7H3. The Labute approximate surface area is 202 Å². The Hall–Kier alpha value is -0.240. The average Bonchev–Trinajstić information content (AvgIpc) is 2.74. The van der Waals surface area contributed by atoms with Gasteiger partial charge in [-0.2, -0.15) is 0 Å². The number of hydrogen-bond acceptors (Lipinski definition) is 1. The van der Waals surface area contributed by atoms with E-state index in [-0.39, 0.29) is 24.1 Å². The van der Waals surface area contributed by atoms with E-state index < -0.39 is 11.0 Å². The third-order valence-corrected chi connectivity index (χ3v) is 12.8. The van der Waals surface area contributed by atoms with Gasteiger partial charge in [-0.05, 0) is 74.1 Å². The van der Waals surface area contributed by atoms with Gasteiger partial charge in [0.05, 0.1) is 10.8 Å². The minimum atomic E-state index is -1.05. The van der Waals surface area contributed by atoms with E-state index in [0.29, 0.717) is 0 Å². The first kappa shape index (κ1) is 26.4. The van der Waals surface area contributed by atoms with Crippen LogP contribution in [0, 0.1) is 5.41 Å². The summed E-state index contributed by atoms with van der Waals surface area (Å²) in [5.74, 6) is 0. The molecule has 3 rings (SSSR count). The molecule has 2 unspecified atom stereocenters. The first-order valence-corrected chi connectivity index (χ1v) is 15.6. The minimum Gasteiger partial charge on any atom is -0.242 e. The van der Waals surface area contributed by atoms with Crippen molar-refractivity contribution in [3.63, 3.8) is 0 Å². The van der Waals surface area contributed by atoms with Gasteiger partial charge in [0.25, 0.3) is 0 Å². The monoisotopic (exact) mass is 477 g/mol. The predicted octanol–water partition coefficient (Wildman–Crippen LogP) is 7.94. The van der Waals surface area contributed by atoms with E-state index in [1.54, 1.807) is 5.30 Å². The van der Waals surface area contributed by atoms with Crippen molar-refractivity contribution >= 4 is 24.2 Å². The van der Waals surface area contributed by atoms with Crippen LogP contribution in [0.25, 0.3) is 0 Å². The first-order chi connectivity index (χ1) is 15.0. The van der Waals surface area contributed by atoms with Crippen LogP contribution in [0.15, 0.2) is 24.3 Å². The largest absolute Gasteiger partial charge is 0.242 e. The maximum Gasteiger partial charge on any atom is 0.100 e. The molecule has 2 saturated carbocycles. The van der Waals surface area contributed by atoms with Gasteiger partial charge in [0.2, 0.25) is 0 Å². The molecular weight excluding hydrogens is 429 g/mol. The van der Waals surface area contributed by atoms with Crippen LogP contribution in [0.2, 0.25) is 0 Å². The van der Waals surface area contributed by atoms with E-state index in [9.17, 15) is 4.21 Å². The van der Waals surface area contributed by atoms with Crippen LogP contribution < -0.4 is 5.30 Å². The molecule has 0 spiro atoms. The summed E-state index contributed by atoms with van der Waals surface area (Å²) in [6.45, 7) is 13.3. The summed E-state index contributed by atoms with van der Waals surface area (Å²) < 4.78 is 15.5. The van der Waals surface area contributed by atoms with Crippen molar-refractivity contribution in [2.75, 3.05) is 7.05 Å². The van der Waals surface area contributed by atoms with E-state index >= 15 is 0 Å². The molecule has 182 valence electrons. The second-order valence-corrected chi connectivity index (χ2v) is 17.3. The van der Waals surface area contributed by atoms with Crippen LogP contribution in [0.5, 0.6) is 0 Å². The fourth-order valence-corrected chi connectivity index (χ4v) is 11.6. The Balaban J connectivity index is 2.09. The van der Waals surface area contributed by atoms with Crippen LogP contribution in [0.4, 0.5) is 0 Å². The predicted molar refractivity (Wildman–Crippen MR) is 145 cm³/mol. The van der Waals surface area contributed by atoms with E-state index in [2.05, 4.69) is 77.2 Å². The molecule has 0 heterocycles. The maximum atomic E-state index is 13.6. The Morgan fingerprint density at radius 3 is 1.75 bits per heavy atom. The lowest BCUT2D eigenvalue weighted by molar-refractivity contribution is 0.207. The quantitative estimate of drug-likeness (QED) is 0.381. The molecule has 2 aliphatic rings. The van der Waals surface area contributed by atoms with Crippen LogP contribution >= 0.6 is 7.92 Å². The molecule has 0 bridgehead atoms. The fraction of sp³-hybridized carbons (Fsp3) is 0.786. The molecule has 2 fully saturated rings. The van der Waals surface area contributed by atoms with Crippen molar-refractivity contribution in [3.8, 4) is 0 Å². The van der Waals surface area contributed by atoms with E-state index in [1.807, 2.05) is 0 Å². The normalized spacial score (nSPS) is 21.8. The van der Waals surface area contributed by atoms with E-state index in [1.165, 1.54) is 69.8 Å². The summed E-state index contributed by atoms with van der Waals surface area (Å²) >= 11 is 0. The summed E-state index contributed by atoms with van der Waals surface area (Å²) in [7, 11) is 0.855. The molecular formula is C28H48NOPS. The number of rotatable bonds is 6. The number of hydrogen-bond donors (Lipinski definition) is 0. The van der Waals surface area contributed by atoms with Gasteiger partial charge in [0.15, 0.2) is 0 Å². The maximum absolute atomic E-state index is 13.6. The second-order valence-electron chi connectivity index (χ2n) is 12.2. The third-order valence-electron chi connectivity index (χ3n) is 7.42. The average molecular weight is 478 g/mol. The van der Waals surface area contributed by atoms with Crippen molar-refractivity contribution in [2.45, 2.75) is 128 Å². The van der Waals surface area contributed by atoms with E-state index in [4.69, 9.17) is 0 Å².